The van der Waals surface area contributed by atoms with Crippen LogP contribution in [-0.4, -0.2) is 23.2 Å². The Labute approximate surface area is 117 Å². The zero-order chi connectivity index (χ0) is 14.7. The predicted molar refractivity (Wildman–Crippen MR) is 78.9 cm³/mol. The standard InChI is InChI=1S/C15H17N3O2/c1-4-7-18-15(16)12(9-19)14(17-18)11-8-10(2)5-6-13(11)20-3/h4-6,8-9H,1,7,16H2,2-3H3. The number of carbonyl (C=O) groups excluding carboxylic acids is 1. The van der Waals surface area contributed by atoms with Crippen LogP contribution >= 0.6 is 0 Å². The zero-order valence-corrected chi connectivity index (χ0v) is 11.6. The number of nitrogens with zero attached hydrogens (tertiary/aromatic N) is 2. The van der Waals surface area contributed by atoms with E-state index in [9.17, 15) is 4.79 Å². The molecule has 1 aromatic heterocycles. The van der Waals surface area contributed by atoms with Gasteiger partial charge < -0.3 is 10.5 Å². The Morgan fingerprint density at radius 2 is 2.25 bits per heavy atom. The molecule has 20 heavy (non-hydrogen) atoms. The molecule has 104 valence electrons. The van der Waals surface area contributed by atoms with E-state index >= 15 is 0 Å². The van der Waals surface area contributed by atoms with Gasteiger partial charge in [-0.1, -0.05) is 17.7 Å². The first kappa shape index (κ1) is 13.9. The second-order valence-electron chi connectivity index (χ2n) is 4.44. The highest BCUT2D eigenvalue weighted by Crippen LogP contribution is 2.33. The van der Waals surface area contributed by atoms with Crippen molar-refractivity contribution in [3.8, 4) is 17.0 Å². The maximum absolute atomic E-state index is 11.3. The van der Waals surface area contributed by atoms with Crippen LogP contribution in [0, 0.1) is 6.92 Å². The lowest BCUT2D eigenvalue weighted by Crippen LogP contribution is -2.03. The van der Waals surface area contributed by atoms with Crippen molar-refractivity contribution in [3.05, 3.63) is 42.0 Å². The van der Waals surface area contributed by atoms with Crippen molar-refractivity contribution in [3.63, 3.8) is 0 Å². The van der Waals surface area contributed by atoms with Crippen LogP contribution in [0.3, 0.4) is 0 Å². The lowest BCUT2D eigenvalue weighted by atomic mass is 10.0. The molecule has 0 aliphatic rings. The van der Waals surface area contributed by atoms with E-state index in [-0.39, 0.29) is 0 Å². The van der Waals surface area contributed by atoms with Gasteiger partial charge in [-0.3, -0.25) is 4.79 Å². The summed E-state index contributed by atoms with van der Waals surface area (Å²) in [5.74, 6) is 0.986. The first-order valence-corrected chi connectivity index (χ1v) is 6.19. The van der Waals surface area contributed by atoms with Crippen molar-refractivity contribution in [2.45, 2.75) is 13.5 Å². The summed E-state index contributed by atoms with van der Waals surface area (Å²) in [5, 5.41) is 4.40. The van der Waals surface area contributed by atoms with Gasteiger partial charge in [-0.2, -0.15) is 5.10 Å². The number of aromatic nitrogens is 2. The molecular weight excluding hydrogens is 254 g/mol. The number of carbonyl (C=O) groups is 1. The quantitative estimate of drug-likeness (QED) is 0.670. The number of aldehydes is 1. The lowest BCUT2D eigenvalue weighted by Gasteiger charge is -2.07. The Morgan fingerprint density at radius 1 is 1.50 bits per heavy atom. The molecule has 0 unspecified atom stereocenters. The molecule has 5 heteroatoms. The van der Waals surface area contributed by atoms with Gasteiger partial charge in [0.15, 0.2) is 6.29 Å². The third kappa shape index (κ3) is 2.30. The Balaban J connectivity index is 2.68. The lowest BCUT2D eigenvalue weighted by molar-refractivity contribution is 0.112. The number of allylic oxidation sites excluding steroid dienone is 1. The van der Waals surface area contributed by atoms with Gasteiger partial charge >= 0.3 is 0 Å². The van der Waals surface area contributed by atoms with Gasteiger partial charge in [0.25, 0.3) is 0 Å². The van der Waals surface area contributed by atoms with Crippen LogP contribution < -0.4 is 10.5 Å². The van der Waals surface area contributed by atoms with Crippen LogP contribution in [0.2, 0.25) is 0 Å². The number of anilines is 1. The summed E-state index contributed by atoms with van der Waals surface area (Å²) < 4.78 is 6.89. The van der Waals surface area contributed by atoms with Gasteiger partial charge in [0.1, 0.15) is 17.3 Å². The van der Waals surface area contributed by atoms with Crippen molar-refractivity contribution < 1.29 is 9.53 Å². The average Bonchev–Trinajstić information content (AvgIpc) is 2.76. The van der Waals surface area contributed by atoms with Gasteiger partial charge in [0.2, 0.25) is 0 Å². The molecule has 0 aliphatic heterocycles. The number of aryl methyl sites for hydroxylation is 1. The molecular formula is C15H17N3O2. The SMILES string of the molecule is C=CCn1nc(-c2cc(C)ccc2OC)c(C=O)c1N. The van der Waals surface area contributed by atoms with E-state index < -0.39 is 0 Å². The summed E-state index contributed by atoms with van der Waals surface area (Å²) in [6.07, 6.45) is 2.40. The number of hydrogen-bond acceptors (Lipinski definition) is 4. The summed E-state index contributed by atoms with van der Waals surface area (Å²) >= 11 is 0. The van der Waals surface area contributed by atoms with Crippen LogP contribution in [-0.2, 0) is 6.54 Å². The van der Waals surface area contributed by atoms with Gasteiger partial charge in [-0.15, -0.1) is 6.58 Å². The van der Waals surface area contributed by atoms with Crippen LogP contribution in [0.5, 0.6) is 5.75 Å². The van der Waals surface area contributed by atoms with Crippen LogP contribution in [0.25, 0.3) is 11.3 Å². The summed E-state index contributed by atoms with van der Waals surface area (Å²) in [4.78, 5) is 11.3. The number of ether oxygens (including phenoxy) is 1. The topological polar surface area (TPSA) is 70.1 Å². The van der Waals surface area contributed by atoms with E-state index in [0.29, 0.717) is 29.4 Å². The number of nitrogen functional groups attached to an aromatic ring is 1. The van der Waals surface area contributed by atoms with Gasteiger partial charge in [0, 0.05) is 5.56 Å². The number of benzene rings is 1. The molecule has 0 atom stereocenters. The van der Waals surface area contributed by atoms with Crippen LogP contribution in [0.4, 0.5) is 5.82 Å². The van der Waals surface area contributed by atoms with Crippen molar-refractivity contribution >= 4 is 12.1 Å². The Kier molecular flexibility index (Phi) is 3.89. The van der Waals surface area contributed by atoms with Crippen molar-refractivity contribution in [1.82, 2.24) is 9.78 Å². The van der Waals surface area contributed by atoms with Crippen LogP contribution in [0.1, 0.15) is 15.9 Å². The number of methoxy groups -OCH3 is 1. The monoisotopic (exact) mass is 271 g/mol. The van der Waals surface area contributed by atoms with E-state index in [1.165, 1.54) is 0 Å². The maximum atomic E-state index is 11.3. The summed E-state index contributed by atoms with van der Waals surface area (Å²) in [5.41, 5.74) is 8.65. The predicted octanol–water partition coefficient (Wildman–Crippen LogP) is 2.45. The Hall–Kier alpha value is -2.56. The highest BCUT2D eigenvalue weighted by molar-refractivity contribution is 5.92. The minimum Gasteiger partial charge on any atom is -0.496 e. The number of rotatable bonds is 5. The molecule has 0 bridgehead atoms. The Bertz CT molecular complexity index is 659. The smallest absolute Gasteiger partial charge is 0.156 e. The van der Waals surface area contributed by atoms with Gasteiger partial charge in [-0.25, -0.2) is 4.68 Å². The summed E-state index contributed by atoms with van der Waals surface area (Å²) in [6.45, 7) is 6.06. The molecule has 0 saturated carbocycles. The maximum Gasteiger partial charge on any atom is 0.156 e. The van der Waals surface area contributed by atoms with E-state index in [1.54, 1.807) is 17.9 Å². The molecule has 1 aromatic carbocycles. The molecule has 2 rings (SSSR count). The van der Waals surface area contributed by atoms with Crippen molar-refractivity contribution in [1.29, 1.82) is 0 Å². The van der Waals surface area contributed by atoms with Crippen LogP contribution in [0.15, 0.2) is 30.9 Å². The fourth-order valence-corrected chi connectivity index (χ4v) is 2.07. The molecule has 5 nitrogen and oxygen atoms in total. The molecule has 0 fully saturated rings. The zero-order valence-electron chi connectivity index (χ0n) is 11.6. The average molecular weight is 271 g/mol. The second kappa shape index (κ2) is 5.61. The van der Waals surface area contributed by atoms with Gasteiger partial charge in [0.05, 0.1) is 19.2 Å². The largest absolute Gasteiger partial charge is 0.496 e. The third-order valence-corrected chi connectivity index (χ3v) is 3.06. The third-order valence-electron chi connectivity index (χ3n) is 3.06. The second-order valence-corrected chi connectivity index (χ2v) is 4.44. The molecule has 0 aliphatic carbocycles. The van der Waals surface area contributed by atoms with Crippen molar-refractivity contribution in [2.24, 2.45) is 0 Å². The molecule has 0 radical (unpaired) electrons. The number of nitrogens with two attached hydrogens (primary N) is 1. The minimum absolute atomic E-state index is 0.332. The van der Waals surface area contributed by atoms with E-state index in [0.717, 1.165) is 17.4 Å². The molecule has 1 heterocycles. The first-order chi connectivity index (χ1) is 9.62. The van der Waals surface area contributed by atoms with E-state index in [1.807, 2.05) is 25.1 Å². The summed E-state index contributed by atoms with van der Waals surface area (Å²) in [6, 6.07) is 5.71. The fraction of sp³-hybridized carbons (Fsp3) is 0.200. The van der Waals surface area contributed by atoms with E-state index in [4.69, 9.17) is 10.5 Å². The number of hydrogen-bond donors (Lipinski definition) is 1. The first-order valence-electron chi connectivity index (χ1n) is 6.19. The van der Waals surface area contributed by atoms with Crippen molar-refractivity contribution in [2.75, 3.05) is 12.8 Å². The summed E-state index contributed by atoms with van der Waals surface area (Å²) in [7, 11) is 1.58. The van der Waals surface area contributed by atoms with E-state index in [2.05, 4.69) is 11.7 Å². The fourth-order valence-electron chi connectivity index (χ4n) is 2.07. The molecule has 0 spiro atoms. The molecule has 2 aromatic rings. The minimum atomic E-state index is 0.332. The highest BCUT2D eigenvalue weighted by Gasteiger charge is 2.19. The molecule has 0 saturated heterocycles. The van der Waals surface area contributed by atoms with Gasteiger partial charge in [-0.05, 0) is 19.1 Å². The molecule has 2 N–H and O–H groups in total. The Morgan fingerprint density at radius 3 is 2.85 bits per heavy atom. The molecule has 0 amide bonds. The highest BCUT2D eigenvalue weighted by atomic mass is 16.5. The normalized spacial score (nSPS) is 10.3.